The highest BCUT2D eigenvalue weighted by molar-refractivity contribution is 5.94. The molecule has 0 saturated heterocycles. The Bertz CT molecular complexity index is 1010. The molecule has 1 aliphatic rings. The van der Waals surface area contributed by atoms with Crippen LogP contribution in [0.1, 0.15) is 43.7 Å². The van der Waals surface area contributed by atoms with Crippen molar-refractivity contribution in [1.82, 2.24) is 4.98 Å². The fraction of sp³-hybridized carbons (Fsp3) is 0.304. The summed E-state index contributed by atoms with van der Waals surface area (Å²) in [6, 6.07) is 12.9. The van der Waals surface area contributed by atoms with Crippen molar-refractivity contribution in [2.45, 2.75) is 39.0 Å². The van der Waals surface area contributed by atoms with Crippen LogP contribution in [0.3, 0.4) is 0 Å². The van der Waals surface area contributed by atoms with Gasteiger partial charge in [0.1, 0.15) is 0 Å². The van der Waals surface area contributed by atoms with Gasteiger partial charge in [0.05, 0.1) is 22.7 Å². The smallest absolute Gasteiger partial charge is 0.331 e. The van der Waals surface area contributed by atoms with Crippen LogP contribution in [0.2, 0.25) is 0 Å². The van der Waals surface area contributed by atoms with E-state index in [0.717, 1.165) is 17.5 Å². The molecule has 0 atom stereocenters. The van der Waals surface area contributed by atoms with Gasteiger partial charge in [0.25, 0.3) is 0 Å². The maximum atomic E-state index is 12.0. The Morgan fingerprint density at radius 3 is 2.48 bits per heavy atom. The van der Waals surface area contributed by atoms with E-state index in [4.69, 9.17) is 5.73 Å². The number of carboxylic acids is 1. The number of aromatic nitrogens is 1. The molecule has 0 spiro atoms. The number of hydrogen-bond acceptors (Lipinski definition) is 4. The highest BCUT2D eigenvalue weighted by atomic mass is 16.4. The number of carbonyl (C=O) groups is 2. The molecule has 6 nitrogen and oxygen atoms in total. The Kier molecular flexibility index (Phi) is 5.79. The first kappa shape index (κ1) is 20.3. The fourth-order valence-corrected chi connectivity index (χ4v) is 3.76. The van der Waals surface area contributed by atoms with Crippen LogP contribution in [0, 0.1) is 16.7 Å². The summed E-state index contributed by atoms with van der Waals surface area (Å²) in [6.07, 6.45) is 4.29. The molecule has 2 aromatic rings. The minimum Gasteiger partial charge on any atom is -0.478 e. The number of carboxylic acid groups (broad SMARTS) is 1. The van der Waals surface area contributed by atoms with E-state index in [9.17, 15) is 20.0 Å². The summed E-state index contributed by atoms with van der Waals surface area (Å²) in [7, 11) is 0. The van der Waals surface area contributed by atoms with Gasteiger partial charge in [-0.05, 0) is 42.5 Å². The molecule has 0 aliphatic heterocycles. The van der Waals surface area contributed by atoms with Crippen molar-refractivity contribution in [2.24, 2.45) is 11.1 Å². The Morgan fingerprint density at radius 2 is 1.97 bits per heavy atom. The Morgan fingerprint density at radius 1 is 1.24 bits per heavy atom. The molecule has 6 heteroatoms. The van der Waals surface area contributed by atoms with Crippen LogP contribution in [-0.4, -0.2) is 22.0 Å². The van der Waals surface area contributed by atoms with Gasteiger partial charge in [-0.1, -0.05) is 37.6 Å². The molecule has 1 heterocycles. The number of benzene rings is 1. The van der Waals surface area contributed by atoms with Gasteiger partial charge in [0.15, 0.2) is 0 Å². The van der Waals surface area contributed by atoms with Crippen LogP contribution in [-0.2, 0) is 16.0 Å². The molecule has 3 N–H and O–H groups in total. The zero-order valence-corrected chi connectivity index (χ0v) is 16.3. The standard InChI is InChI=1S/C23H23N3O3/c1-2-5-19(23(10-11-23)22(25)29)18(21(27)28)12-15-8-9-20(26-14-15)17-7-4-3-6-16(17)13-24/h3-4,6-9,14H,2,5,10-12H2,1H3,(H2,25,29)(H,27,28)/b19-18+. The molecule has 1 aliphatic carbocycles. The summed E-state index contributed by atoms with van der Waals surface area (Å²) in [5.41, 5.74) is 8.32. The number of aliphatic carboxylic acids is 1. The minimum atomic E-state index is -1.03. The normalized spacial score (nSPS) is 15.2. The van der Waals surface area contributed by atoms with Gasteiger partial charge in [-0.25, -0.2) is 4.79 Å². The maximum Gasteiger partial charge on any atom is 0.331 e. The van der Waals surface area contributed by atoms with Crippen molar-refractivity contribution in [3.8, 4) is 17.3 Å². The predicted molar refractivity (Wildman–Crippen MR) is 109 cm³/mol. The molecule has 1 amide bonds. The molecule has 0 bridgehead atoms. The van der Waals surface area contributed by atoms with E-state index >= 15 is 0 Å². The largest absolute Gasteiger partial charge is 0.478 e. The van der Waals surface area contributed by atoms with Crippen molar-refractivity contribution in [1.29, 1.82) is 5.26 Å². The number of nitrogens with zero attached hydrogens (tertiary/aromatic N) is 2. The van der Waals surface area contributed by atoms with Gasteiger partial charge in [-0.2, -0.15) is 5.26 Å². The highest BCUT2D eigenvalue weighted by Crippen LogP contribution is 2.54. The lowest BCUT2D eigenvalue weighted by Crippen LogP contribution is -2.29. The monoisotopic (exact) mass is 389 g/mol. The third-order valence-corrected chi connectivity index (χ3v) is 5.45. The average molecular weight is 389 g/mol. The van der Waals surface area contributed by atoms with Crippen LogP contribution in [0.4, 0.5) is 0 Å². The minimum absolute atomic E-state index is 0.173. The summed E-state index contributed by atoms with van der Waals surface area (Å²) in [6.45, 7) is 1.96. The number of amides is 1. The van der Waals surface area contributed by atoms with E-state index in [1.54, 1.807) is 24.4 Å². The summed E-state index contributed by atoms with van der Waals surface area (Å²) in [4.78, 5) is 28.5. The molecular weight excluding hydrogens is 366 g/mol. The third kappa shape index (κ3) is 4.04. The lowest BCUT2D eigenvalue weighted by atomic mass is 9.85. The third-order valence-electron chi connectivity index (χ3n) is 5.45. The van der Waals surface area contributed by atoms with Crippen molar-refractivity contribution in [2.75, 3.05) is 0 Å². The molecule has 1 aromatic heterocycles. The second kappa shape index (κ2) is 8.27. The fourth-order valence-electron chi connectivity index (χ4n) is 3.76. The van der Waals surface area contributed by atoms with E-state index in [0.29, 0.717) is 36.1 Å². The predicted octanol–water partition coefficient (Wildman–Crippen LogP) is 3.61. The van der Waals surface area contributed by atoms with Crippen LogP contribution >= 0.6 is 0 Å². The topological polar surface area (TPSA) is 117 Å². The molecule has 1 aromatic carbocycles. The quantitative estimate of drug-likeness (QED) is 0.669. The van der Waals surface area contributed by atoms with Crippen LogP contribution in [0.5, 0.6) is 0 Å². The molecule has 1 fully saturated rings. The van der Waals surface area contributed by atoms with E-state index in [1.807, 2.05) is 25.1 Å². The first-order chi connectivity index (χ1) is 13.9. The highest BCUT2D eigenvalue weighted by Gasteiger charge is 2.52. The van der Waals surface area contributed by atoms with Gasteiger partial charge < -0.3 is 10.8 Å². The second-order valence-electron chi connectivity index (χ2n) is 7.34. The second-order valence-corrected chi connectivity index (χ2v) is 7.34. The maximum absolute atomic E-state index is 12.0. The zero-order chi connectivity index (χ0) is 21.0. The lowest BCUT2D eigenvalue weighted by molar-refractivity contribution is -0.132. The van der Waals surface area contributed by atoms with E-state index in [-0.39, 0.29) is 12.0 Å². The number of rotatable bonds is 8. The van der Waals surface area contributed by atoms with Crippen molar-refractivity contribution in [3.05, 3.63) is 64.9 Å². The molecule has 3 rings (SSSR count). The molecule has 0 radical (unpaired) electrons. The van der Waals surface area contributed by atoms with Gasteiger partial charge >= 0.3 is 5.97 Å². The molecule has 148 valence electrons. The first-order valence-corrected chi connectivity index (χ1v) is 9.63. The van der Waals surface area contributed by atoms with Gasteiger partial charge in [0, 0.05) is 23.8 Å². The van der Waals surface area contributed by atoms with Crippen LogP contribution in [0.25, 0.3) is 11.3 Å². The molecule has 1 saturated carbocycles. The van der Waals surface area contributed by atoms with Gasteiger partial charge in [-0.3, -0.25) is 9.78 Å². The first-order valence-electron chi connectivity index (χ1n) is 9.63. The summed E-state index contributed by atoms with van der Waals surface area (Å²) < 4.78 is 0. The lowest BCUT2D eigenvalue weighted by Gasteiger charge is -2.19. The summed E-state index contributed by atoms with van der Waals surface area (Å²) in [5, 5.41) is 19.1. The number of carbonyl (C=O) groups excluding carboxylic acids is 1. The number of nitrogens with two attached hydrogens (primary N) is 1. The van der Waals surface area contributed by atoms with Crippen molar-refractivity contribution >= 4 is 11.9 Å². The SMILES string of the molecule is CCC/C(=C(/Cc1ccc(-c2ccccc2C#N)nc1)C(=O)O)C1(C(N)=O)CC1. The average Bonchev–Trinajstić information content (AvgIpc) is 3.53. The van der Waals surface area contributed by atoms with Crippen LogP contribution in [0.15, 0.2) is 53.7 Å². The van der Waals surface area contributed by atoms with E-state index < -0.39 is 17.3 Å². The number of primary amides is 1. The Balaban J connectivity index is 1.95. The summed E-state index contributed by atoms with van der Waals surface area (Å²) in [5.74, 6) is -1.47. The molecule has 29 heavy (non-hydrogen) atoms. The van der Waals surface area contributed by atoms with Crippen LogP contribution < -0.4 is 5.73 Å². The summed E-state index contributed by atoms with van der Waals surface area (Å²) >= 11 is 0. The van der Waals surface area contributed by atoms with E-state index in [2.05, 4.69) is 11.1 Å². The van der Waals surface area contributed by atoms with Gasteiger partial charge in [0.2, 0.25) is 5.91 Å². The van der Waals surface area contributed by atoms with Crippen molar-refractivity contribution in [3.63, 3.8) is 0 Å². The van der Waals surface area contributed by atoms with Crippen molar-refractivity contribution < 1.29 is 14.7 Å². The van der Waals surface area contributed by atoms with E-state index in [1.165, 1.54) is 0 Å². The van der Waals surface area contributed by atoms with Gasteiger partial charge in [-0.15, -0.1) is 0 Å². The zero-order valence-electron chi connectivity index (χ0n) is 16.3. The number of nitriles is 1. The number of hydrogen-bond donors (Lipinski definition) is 2. The Labute approximate surface area is 169 Å². The molecular formula is C23H23N3O3. The number of pyridine rings is 1. The molecule has 0 unspecified atom stereocenters. The Hall–Kier alpha value is -3.46.